The van der Waals surface area contributed by atoms with E-state index in [0.29, 0.717) is 5.69 Å². The van der Waals surface area contributed by atoms with Crippen molar-refractivity contribution in [2.45, 2.75) is 18.7 Å². The molecule has 3 aromatic rings. The zero-order valence-corrected chi connectivity index (χ0v) is 19.9. The van der Waals surface area contributed by atoms with Crippen LogP contribution in [-0.2, 0) is 14.4 Å². The molecule has 3 rings (SSSR count). The van der Waals surface area contributed by atoms with Crippen molar-refractivity contribution in [3.8, 4) is 0 Å². The van der Waals surface area contributed by atoms with Crippen molar-refractivity contribution in [1.29, 1.82) is 0 Å². The van der Waals surface area contributed by atoms with E-state index < -0.39 is 21.0 Å². The van der Waals surface area contributed by atoms with E-state index in [1.54, 1.807) is 12.1 Å². The molecule has 0 saturated heterocycles. The molecule has 0 aliphatic heterocycles. The largest absolute Gasteiger partial charge is 1.00 e. The summed E-state index contributed by atoms with van der Waals surface area (Å²) in [5.74, 6) is 0. The molecule has 0 heterocycles. The van der Waals surface area contributed by atoms with E-state index in [0.717, 1.165) is 23.3 Å². The summed E-state index contributed by atoms with van der Waals surface area (Å²) in [6.45, 7) is 3.80. The predicted octanol–water partition coefficient (Wildman–Crippen LogP) is -2.33. The van der Waals surface area contributed by atoms with E-state index in [1.807, 2.05) is 31.6 Å². The van der Waals surface area contributed by atoms with E-state index in [-0.39, 0.29) is 46.6 Å². The molecule has 0 saturated carbocycles. The van der Waals surface area contributed by atoms with Gasteiger partial charge in [-0.1, -0.05) is 35.9 Å². The topological polar surface area (TPSA) is 126 Å². The molecule has 0 amide bonds. The van der Waals surface area contributed by atoms with Gasteiger partial charge in [-0.3, -0.25) is 15.0 Å². The van der Waals surface area contributed by atoms with Crippen LogP contribution in [0.5, 0.6) is 0 Å². The monoisotopic (exact) mass is 450 g/mol. The van der Waals surface area contributed by atoms with Crippen molar-refractivity contribution in [2.75, 3.05) is 5.43 Å². The second-order valence-corrected chi connectivity index (χ2v) is 7.90. The van der Waals surface area contributed by atoms with Crippen LogP contribution in [0.15, 0.2) is 85.4 Å². The van der Waals surface area contributed by atoms with Crippen LogP contribution in [-0.4, -0.2) is 8.42 Å². The summed E-state index contributed by atoms with van der Waals surface area (Å²) < 4.78 is 28.7. The Morgan fingerprint density at radius 2 is 1.65 bits per heavy atom. The summed E-state index contributed by atoms with van der Waals surface area (Å²) in [6, 6.07) is 15.2. The average molecular weight is 450 g/mol. The van der Waals surface area contributed by atoms with Gasteiger partial charge in [0.15, 0.2) is 5.36 Å². The molecule has 0 bridgehead atoms. The summed E-state index contributed by atoms with van der Waals surface area (Å²) >= 11 is 0. The summed E-state index contributed by atoms with van der Waals surface area (Å²) in [4.78, 5) is 24.5. The molecule has 0 atom stereocenters. The first-order valence-corrected chi connectivity index (χ1v) is 10.2. The SMILES string of the molecule is Cc1ccc(NN=c2c(=O)ccc(=NNOS(=O)(=O)c3ccccc3)c2=O)c(C)c1.[H-].[Na+]. The van der Waals surface area contributed by atoms with Crippen LogP contribution < -0.4 is 62.1 Å². The van der Waals surface area contributed by atoms with E-state index in [4.69, 9.17) is 0 Å². The number of nitrogens with one attached hydrogen (secondary N) is 2. The second-order valence-electron chi connectivity index (χ2n) is 6.36. The molecule has 156 valence electrons. The number of hydrogen-bond acceptors (Lipinski definition) is 9. The Morgan fingerprint density at radius 3 is 2.32 bits per heavy atom. The summed E-state index contributed by atoms with van der Waals surface area (Å²) in [5, 5.41) is 6.90. The molecule has 0 radical (unpaired) electrons. The van der Waals surface area contributed by atoms with Crippen molar-refractivity contribution >= 4 is 15.8 Å². The molecule has 0 unspecified atom stereocenters. The maximum Gasteiger partial charge on any atom is 1.00 e. The number of benzene rings is 3. The van der Waals surface area contributed by atoms with E-state index >= 15 is 0 Å². The quantitative estimate of drug-likeness (QED) is 0.319. The van der Waals surface area contributed by atoms with Crippen molar-refractivity contribution in [2.24, 2.45) is 10.2 Å². The molecule has 0 fully saturated rings. The van der Waals surface area contributed by atoms with Crippen LogP contribution in [0.3, 0.4) is 0 Å². The molecular weight excluding hydrogens is 431 g/mol. The maximum absolute atomic E-state index is 12.5. The fourth-order valence-corrected chi connectivity index (χ4v) is 3.27. The molecule has 0 aromatic heterocycles. The van der Waals surface area contributed by atoms with Gasteiger partial charge < -0.3 is 1.43 Å². The third-order valence-corrected chi connectivity index (χ3v) is 5.23. The Morgan fingerprint density at radius 1 is 0.935 bits per heavy atom. The van der Waals surface area contributed by atoms with E-state index in [9.17, 15) is 18.0 Å². The van der Waals surface area contributed by atoms with Gasteiger partial charge in [-0.2, -0.15) is 19.1 Å². The van der Waals surface area contributed by atoms with Crippen LogP contribution in [0.4, 0.5) is 5.69 Å². The van der Waals surface area contributed by atoms with E-state index in [2.05, 4.69) is 19.9 Å². The average Bonchev–Trinajstić information content (AvgIpc) is 2.71. The zero-order chi connectivity index (χ0) is 21.7. The van der Waals surface area contributed by atoms with Crippen LogP contribution in [0, 0.1) is 13.8 Å². The second kappa shape index (κ2) is 10.6. The number of anilines is 1. The summed E-state index contributed by atoms with van der Waals surface area (Å²) in [6.07, 6.45) is 0. The smallest absolute Gasteiger partial charge is 1.00 e. The first-order valence-electron chi connectivity index (χ1n) is 8.77. The van der Waals surface area contributed by atoms with Gasteiger partial charge in [0.2, 0.25) is 10.9 Å². The van der Waals surface area contributed by atoms with E-state index in [1.165, 1.54) is 24.3 Å². The van der Waals surface area contributed by atoms with Gasteiger partial charge in [-0.15, -0.1) is 9.39 Å². The van der Waals surface area contributed by atoms with Crippen molar-refractivity contribution in [3.05, 3.63) is 103 Å². The Labute approximate surface area is 201 Å². The first-order chi connectivity index (χ1) is 14.3. The first kappa shape index (κ1) is 24.6. The van der Waals surface area contributed by atoms with Crippen LogP contribution >= 0.6 is 0 Å². The fraction of sp³-hybridized carbons (Fsp3) is 0.100. The molecule has 9 nitrogen and oxygen atoms in total. The minimum atomic E-state index is -4.12. The third kappa shape index (κ3) is 6.18. The number of hydrogen-bond donors (Lipinski definition) is 2. The van der Waals surface area contributed by atoms with Gasteiger partial charge in [0.25, 0.3) is 0 Å². The van der Waals surface area contributed by atoms with Gasteiger partial charge in [-0.25, -0.2) is 0 Å². The zero-order valence-electron chi connectivity index (χ0n) is 18.1. The molecule has 2 N–H and O–H groups in total. The van der Waals surface area contributed by atoms with Crippen molar-refractivity contribution in [3.63, 3.8) is 0 Å². The number of nitrogens with zero attached hydrogens (tertiary/aromatic N) is 2. The molecule has 0 aliphatic rings. The molecular formula is C20H19N4NaO5S. The van der Waals surface area contributed by atoms with Crippen LogP contribution in [0.25, 0.3) is 0 Å². The van der Waals surface area contributed by atoms with Gasteiger partial charge in [0, 0.05) is 0 Å². The van der Waals surface area contributed by atoms with Gasteiger partial charge >= 0.3 is 39.7 Å². The standard InChI is InChI=1S/C20H18N4O5S.Na.H/c1-13-8-9-16(14(2)12-13)21-23-19-18(25)11-10-17(20(19)26)22-24-29-30(27,28)15-6-4-3-5-7-15;;/h3-12,21,24H,1-2H3;;/q;+1;-1. The summed E-state index contributed by atoms with van der Waals surface area (Å²) in [5.41, 5.74) is 5.79. The Kier molecular flexibility index (Phi) is 8.43. The fourth-order valence-electron chi connectivity index (χ4n) is 2.54. The number of aryl methyl sites for hydroxylation is 2. The van der Waals surface area contributed by atoms with Crippen molar-refractivity contribution in [1.82, 2.24) is 5.59 Å². The summed E-state index contributed by atoms with van der Waals surface area (Å²) in [7, 11) is -4.12. The maximum atomic E-state index is 12.5. The normalized spacial score (nSPS) is 12.3. The molecule has 0 spiro atoms. The molecule has 3 aromatic carbocycles. The molecule has 31 heavy (non-hydrogen) atoms. The van der Waals surface area contributed by atoms with Crippen molar-refractivity contribution < 1.29 is 43.7 Å². The van der Waals surface area contributed by atoms with Crippen LogP contribution in [0.1, 0.15) is 12.6 Å². The van der Waals surface area contributed by atoms with Gasteiger partial charge in [0.05, 0.1) is 10.6 Å². The minimum absolute atomic E-state index is 0. The van der Waals surface area contributed by atoms with Crippen LogP contribution in [0.2, 0.25) is 0 Å². The van der Waals surface area contributed by atoms with Gasteiger partial charge in [-0.05, 0) is 49.7 Å². The third-order valence-electron chi connectivity index (χ3n) is 4.09. The Bertz CT molecular complexity index is 1410. The molecule has 0 aliphatic carbocycles. The van der Waals surface area contributed by atoms with Gasteiger partial charge in [0.1, 0.15) is 5.36 Å². The predicted molar refractivity (Wildman–Crippen MR) is 111 cm³/mol. The Balaban J connectivity index is 0.00000256. The number of rotatable bonds is 6. The minimum Gasteiger partial charge on any atom is -1.00 e. The molecule has 11 heteroatoms. The Hall–Kier alpha value is -2.63.